The fourth-order valence-corrected chi connectivity index (χ4v) is 4.28. The first-order valence-electron chi connectivity index (χ1n) is 6.16. The second kappa shape index (κ2) is 5.15. The van der Waals surface area contributed by atoms with Crippen LogP contribution in [-0.4, -0.2) is 5.16 Å². The lowest BCUT2D eigenvalue weighted by Gasteiger charge is -2.23. The average molecular weight is 327 g/mol. The van der Waals surface area contributed by atoms with Gasteiger partial charge in [-0.3, -0.25) is 0 Å². The standard InChI is InChI=1S/C13H15BrN2OS/c1-8-5-9(16-17-8)7-15-11-3-2-4-12-10(11)6-13(14)18-12/h5-6,11,15H,2-4,7H2,1H3. The van der Waals surface area contributed by atoms with Gasteiger partial charge in [0.05, 0.1) is 9.48 Å². The molecule has 1 atom stereocenters. The van der Waals surface area contributed by atoms with Gasteiger partial charge in [0.1, 0.15) is 5.76 Å². The van der Waals surface area contributed by atoms with Crippen molar-refractivity contribution in [3.8, 4) is 0 Å². The van der Waals surface area contributed by atoms with Crippen LogP contribution in [0.15, 0.2) is 20.4 Å². The molecule has 1 N–H and O–H groups in total. The fourth-order valence-electron chi connectivity index (χ4n) is 2.46. The molecule has 0 saturated heterocycles. The van der Waals surface area contributed by atoms with Gasteiger partial charge < -0.3 is 9.84 Å². The highest BCUT2D eigenvalue weighted by Gasteiger charge is 2.22. The van der Waals surface area contributed by atoms with Gasteiger partial charge in [-0.1, -0.05) is 5.16 Å². The SMILES string of the molecule is Cc1cc(CNC2CCCc3sc(Br)cc32)no1. The molecule has 2 aromatic rings. The number of aromatic nitrogens is 1. The van der Waals surface area contributed by atoms with Gasteiger partial charge in [0.2, 0.25) is 0 Å². The van der Waals surface area contributed by atoms with Gasteiger partial charge in [0, 0.05) is 23.5 Å². The second-order valence-electron chi connectivity index (χ2n) is 4.68. The van der Waals surface area contributed by atoms with Crippen molar-refractivity contribution in [3.05, 3.63) is 37.8 Å². The molecular formula is C13H15BrN2OS. The maximum absolute atomic E-state index is 5.08. The number of hydrogen-bond acceptors (Lipinski definition) is 4. The van der Waals surface area contributed by atoms with Crippen molar-refractivity contribution < 1.29 is 4.52 Å². The number of fused-ring (bicyclic) bond motifs is 1. The molecule has 2 heterocycles. The maximum Gasteiger partial charge on any atom is 0.133 e. The Kier molecular flexibility index (Phi) is 3.54. The highest BCUT2D eigenvalue weighted by molar-refractivity contribution is 9.11. The molecule has 2 aromatic heterocycles. The lowest BCUT2D eigenvalue weighted by molar-refractivity contribution is 0.382. The predicted octanol–water partition coefficient (Wildman–Crippen LogP) is 3.97. The lowest BCUT2D eigenvalue weighted by Crippen LogP contribution is -2.23. The van der Waals surface area contributed by atoms with E-state index in [1.165, 1.54) is 33.5 Å². The summed E-state index contributed by atoms with van der Waals surface area (Å²) in [6.07, 6.45) is 3.68. The van der Waals surface area contributed by atoms with E-state index < -0.39 is 0 Å². The van der Waals surface area contributed by atoms with Crippen LogP contribution in [0.1, 0.15) is 40.8 Å². The summed E-state index contributed by atoms with van der Waals surface area (Å²) in [5.41, 5.74) is 2.44. The van der Waals surface area contributed by atoms with Gasteiger partial charge in [0.15, 0.2) is 0 Å². The number of rotatable bonds is 3. The summed E-state index contributed by atoms with van der Waals surface area (Å²) < 4.78 is 6.32. The molecule has 18 heavy (non-hydrogen) atoms. The molecule has 1 aliphatic carbocycles. The quantitative estimate of drug-likeness (QED) is 0.927. The van der Waals surface area contributed by atoms with Gasteiger partial charge >= 0.3 is 0 Å². The summed E-state index contributed by atoms with van der Waals surface area (Å²) in [5.74, 6) is 0.870. The lowest BCUT2D eigenvalue weighted by atomic mass is 9.94. The third-order valence-corrected chi connectivity index (χ3v) is 5.00. The van der Waals surface area contributed by atoms with Crippen LogP contribution < -0.4 is 5.32 Å². The van der Waals surface area contributed by atoms with E-state index in [0.717, 1.165) is 18.0 Å². The zero-order chi connectivity index (χ0) is 12.5. The van der Waals surface area contributed by atoms with Crippen LogP contribution in [0.5, 0.6) is 0 Å². The van der Waals surface area contributed by atoms with Crippen molar-refractivity contribution in [3.63, 3.8) is 0 Å². The molecule has 1 aliphatic rings. The van der Waals surface area contributed by atoms with Crippen LogP contribution >= 0.6 is 27.3 Å². The summed E-state index contributed by atoms with van der Waals surface area (Å²) in [7, 11) is 0. The molecule has 0 saturated carbocycles. The summed E-state index contributed by atoms with van der Waals surface area (Å²) >= 11 is 5.44. The van der Waals surface area contributed by atoms with Crippen LogP contribution in [0.25, 0.3) is 0 Å². The van der Waals surface area contributed by atoms with Crippen molar-refractivity contribution in [1.29, 1.82) is 0 Å². The predicted molar refractivity (Wildman–Crippen MR) is 75.8 cm³/mol. The molecule has 0 aromatic carbocycles. The summed E-state index contributed by atoms with van der Waals surface area (Å²) in [4.78, 5) is 1.52. The fraction of sp³-hybridized carbons (Fsp3) is 0.462. The largest absolute Gasteiger partial charge is 0.361 e. The van der Waals surface area contributed by atoms with E-state index in [-0.39, 0.29) is 0 Å². The summed E-state index contributed by atoms with van der Waals surface area (Å²) in [6.45, 7) is 2.69. The van der Waals surface area contributed by atoms with Crippen molar-refractivity contribution in [2.24, 2.45) is 0 Å². The molecule has 0 amide bonds. The molecule has 0 spiro atoms. The van der Waals surface area contributed by atoms with Gasteiger partial charge in [-0.15, -0.1) is 11.3 Å². The smallest absolute Gasteiger partial charge is 0.133 e. The van der Waals surface area contributed by atoms with E-state index in [1.807, 2.05) is 24.3 Å². The second-order valence-corrected chi connectivity index (χ2v) is 7.20. The Labute approximate surface area is 119 Å². The number of nitrogens with one attached hydrogen (secondary N) is 1. The Hall–Kier alpha value is -0.650. The molecule has 0 radical (unpaired) electrons. The molecule has 1 unspecified atom stereocenters. The Balaban J connectivity index is 1.70. The van der Waals surface area contributed by atoms with Gasteiger partial charge in [0.25, 0.3) is 0 Å². The first-order valence-corrected chi connectivity index (χ1v) is 7.77. The van der Waals surface area contributed by atoms with Crippen LogP contribution in [0.4, 0.5) is 0 Å². The van der Waals surface area contributed by atoms with E-state index in [9.17, 15) is 0 Å². The van der Waals surface area contributed by atoms with E-state index in [4.69, 9.17) is 4.52 Å². The molecule has 0 bridgehead atoms. The third-order valence-electron chi connectivity index (χ3n) is 3.29. The molecule has 3 rings (SSSR count). The zero-order valence-electron chi connectivity index (χ0n) is 10.2. The zero-order valence-corrected chi connectivity index (χ0v) is 12.6. The van der Waals surface area contributed by atoms with Crippen LogP contribution in [0.3, 0.4) is 0 Å². The molecular weight excluding hydrogens is 312 g/mol. The van der Waals surface area contributed by atoms with Crippen LogP contribution in [0, 0.1) is 6.92 Å². The van der Waals surface area contributed by atoms with Gasteiger partial charge in [-0.25, -0.2) is 0 Å². The van der Waals surface area contributed by atoms with E-state index in [0.29, 0.717) is 6.04 Å². The van der Waals surface area contributed by atoms with Gasteiger partial charge in [-0.05, 0) is 53.7 Å². The monoisotopic (exact) mass is 326 g/mol. The number of hydrogen-bond donors (Lipinski definition) is 1. The minimum atomic E-state index is 0.452. The minimum Gasteiger partial charge on any atom is -0.361 e. The Bertz CT molecular complexity index is 549. The topological polar surface area (TPSA) is 38.1 Å². The molecule has 0 aliphatic heterocycles. The third kappa shape index (κ3) is 2.53. The van der Waals surface area contributed by atoms with Crippen molar-refractivity contribution in [1.82, 2.24) is 10.5 Å². The maximum atomic E-state index is 5.08. The molecule has 5 heteroatoms. The van der Waals surface area contributed by atoms with Crippen molar-refractivity contribution >= 4 is 27.3 Å². The molecule has 3 nitrogen and oxygen atoms in total. The highest BCUT2D eigenvalue weighted by Crippen LogP contribution is 2.37. The Morgan fingerprint density at radius 3 is 3.22 bits per heavy atom. The molecule has 96 valence electrons. The van der Waals surface area contributed by atoms with Crippen LogP contribution in [0.2, 0.25) is 0 Å². The average Bonchev–Trinajstić information content (AvgIpc) is 2.91. The summed E-state index contributed by atoms with van der Waals surface area (Å²) in [6, 6.07) is 4.69. The number of aryl methyl sites for hydroxylation is 2. The van der Waals surface area contributed by atoms with E-state index >= 15 is 0 Å². The van der Waals surface area contributed by atoms with Crippen molar-refractivity contribution in [2.45, 2.75) is 38.8 Å². The first kappa shape index (κ1) is 12.4. The van der Waals surface area contributed by atoms with Gasteiger partial charge in [-0.2, -0.15) is 0 Å². The van der Waals surface area contributed by atoms with E-state index in [1.54, 1.807) is 0 Å². The highest BCUT2D eigenvalue weighted by atomic mass is 79.9. The van der Waals surface area contributed by atoms with Crippen LogP contribution in [-0.2, 0) is 13.0 Å². The normalized spacial score (nSPS) is 18.9. The minimum absolute atomic E-state index is 0.452. The molecule has 0 fully saturated rings. The number of nitrogens with zero attached hydrogens (tertiary/aromatic N) is 1. The number of thiophene rings is 1. The Morgan fingerprint density at radius 1 is 1.56 bits per heavy atom. The Morgan fingerprint density at radius 2 is 2.44 bits per heavy atom. The van der Waals surface area contributed by atoms with Crippen molar-refractivity contribution in [2.75, 3.05) is 0 Å². The van der Waals surface area contributed by atoms with E-state index in [2.05, 4.69) is 32.5 Å². The first-order chi connectivity index (χ1) is 8.72. The number of halogens is 1. The summed E-state index contributed by atoms with van der Waals surface area (Å²) in [5, 5.41) is 7.60.